The van der Waals surface area contributed by atoms with Gasteiger partial charge in [-0.2, -0.15) is 0 Å². The van der Waals surface area contributed by atoms with E-state index in [9.17, 15) is 0 Å². The van der Waals surface area contributed by atoms with Gasteiger partial charge in [-0.25, -0.2) is 0 Å². The lowest BCUT2D eigenvalue weighted by molar-refractivity contribution is 0.796. The molecule has 1 nitrogen and oxygen atoms in total. The van der Waals surface area contributed by atoms with E-state index >= 15 is 0 Å². The zero-order valence-electron chi connectivity index (χ0n) is 25.2. The number of benzene rings is 5. The molecule has 2 aliphatic rings. The normalized spacial score (nSPS) is 17.3. The van der Waals surface area contributed by atoms with Crippen LogP contribution in [0, 0.1) is 0 Å². The van der Waals surface area contributed by atoms with Crippen molar-refractivity contribution in [3.63, 3.8) is 0 Å². The van der Waals surface area contributed by atoms with Gasteiger partial charge in [0.15, 0.2) is 0 Å². The first kappa shape index (κ1) is 27.2. The van der Waals surface area contributed by atoms with E-state index in [1.165, 1.54) is 66.7 Å². The molecule has 0 radical (unpaired) electrons. The summed E-state index contributed by atoms with van der Waals surface area (Å²) in [5.41, 5.74) is 14.5. The van der Waals surface area contributed by atoms with Crippen molar-refractivity contribution < 1.29 is 0 Å². The van der Waals surface area contributed by atoms with Crippen LogP contribution in [-0.4, -0.2) is 4.98 Å². The minimum Gasteiger partial charge on any atom is -0.358 e. The average Bonchev–Trinajstić information content (AvgIpc) is 3.86. The van der Waals surface area contributed by atoms with Gasteiger partial charge in [0.2, 0.25) is 0 Å². The Balaban J connectivity index is 1.20. The predicted molar refractivity (Wildman–Crippen MR) is 189 cm³/mol. The van der Waals surface area contributed by atoms with E-state index in [4.69, 9.17) is 0 Å². The number of hydrogen-bond acceptors (Lipinski definition) is 0. The fraction of sp³-hybridized carbons (Fsp3) is 0.0909. The van der Waals surface area contributed by atoms with Gasteiger partial charge in [0.05, 0.1) is 0 Å². The Bertz CT molecular complexity index is 1990. The number of hydrogen-bond donors (Lipinski definition) is 1. The van der Waals surface area contributed by atoms with Crippen molar-refractivity contribution in [1.29, 1.82) is 0 Å². The van der Waals surface area contributed by atoms with Crippen LogP contribution in [-0.2, 0) is 0 Å². The van der Waals surface area contributed by atoms with Crippen molar-refractivity contribution in [1.82, 2.24) is 4.98 Å². The first-order chi connectivity index (χ1) is 22.3. The van der Waals surface area contributed by atoms with E-state index < -0.39 is 0 Å². The van der Waals surface area contributed by atoms with Gasteiger partial charge in [0.25, 0.3) is 0 Å². The van der Waals surface area contributed by atoms with Crippen molar-refractivity contribution in [3.8, 4) is 0 Å². The molecular formula is C44H35N. The number of para-hydroxylation sites is 1. The minimum atomic E-state index is 0.286. The second kappa shape index (κ2) is 11.9. The monoisotopic (exact) mass is 577 g/mol. The van der Waals surface area contributed by atoms with Crippen molar-refractivity contribution in [2.75, 3.05) is 0 Å². The molecule has 0 spiro atoms. The molecule has 1 heteroatoms. The number of H-pyrrole nitrogens is 1. The summed E-state index contributed by atoms with van der Waals surface area (Å²) >= 11 is 0. The molecule has 0 fully saturated rings. The molecular weight excluding hydrogens is 542 g/mol. The highest BCUT2D eigenvalue weighted by Gasteiger charge is 2.30. The maximum atomic E-state index is 3.91. The smallest absolute Gasteiger partial charge is 0.0459 e. The van der Waals surface area contributed by atoms with Crippen LogP contribution < -0.4 is 0 Å². The molecule has 6 aromatic rings. The summed E-state index contributed by atoms with van der Waals surface area (Å²) < 4.78 is 0. The van der Waals surface area contributed by atoms with Gasteiger partial charge in [-0.3, -0.25) is 0 Å². The number of fused-ring (bicyclic) bond motifs is 1. The number of nitrogens with one attached hydrogen (secondary N) is 1. The Morgan fingerprint density at radius 3 is 1.33 bits per heavy atom. The van der Waals surface area contributed by atoms with Crippen molar-refractivity contribution >= 4 is 22.0 Å². The summed E-state index contributed by atoms with van der Waals surface area (Å²) in [5, 5.41) is 1.33. The topological polar surface area (TPSA) is 15.8 Å². The van der Waals surface area contributed by atoms with Gasteiger partial charge in [-0.05, 0) is 69.0 Å². The molecule has 0 saturated carbocycles. The molecule has 5 aromatic carbocycles. The van der Waals surface area contributed by atoms with Crippen LogP contribution in [0.15, 0.2) is 181 Å². The Labute approximate surface area is 265 Å². The maximum Gasteiger partial charge on any atom is 0.0459 e. The SMILES string of the molecule is C1=CC(c2[nH]c3ccccc3c2C2C=CC(=C(c3ccccc3)c3ccccc3)C2)CC1=C(c1ccccc1)c1ccccc1. The number of aromatic amines is 1. The van der Waals surface area contributed by atoms with Crippen LogP contribution in [0.25, 0.3) is 22.0 Å². The van der Waals surface area contributed by atoms with Crippen LogP contribution in [0.3, 0.4) is 0 Å². The second-order valence-corrected chi connectivity index (χ2v) is 12.1. The van der Waals surface area contributed by atoms with E-state index in [2.05, 4.69) is 175 Å². The van der Waals surface area contributed by atoms with E-state index in [1.807, 2.05) is 0 Å². The molecule has 2 aliphatic carbocycles. The fourth-order valence-corrected chi connectivity index (χ4v) is 7.35. The molecule has 8 rings (SSSR count). The zero-order valence-corrected chi connectivity index (χ0v) is 25.2. The first-order valence-corrected chi connectivity index (χ1v) is 16.0. The average molecular weight is 578 g/mol. The molecule has 0 bridgehead atoms. The maximum absolute atomic E-state index is 3.91. The van der Waals surface area contributed by atoms with Gasteiger partial charge in [0.1, 0.15) is 0 Å². The van der Waals surface area contributed by atoms with Crippen molar-refractivity contribution in [3.05, 3.63) is 215 Å². The lowest BCUT2D eigenvalue weighted by atomic mass is 9.86. The van der Waals surface area contributed by atoms with Crippen LogP contribution in [0.5, 0.6) is 0 Å². The number of rotatable bonds is 6. The van der Waals surface area contributed by atoms with Gasteiger partial charge >= 0.3 is 0 Å². The molecule has 1 N–H and O–H groups in total. The lowest BCUT2D eigenvalue weighted by Gasteiger charge is -2.17. The zero-order chi connectivity index (χ0) is 30.0. The molecule has 0 amide bonds. The fourth-order valence-electron chi connectivity index (χ4n) is 7.35. The molecule has 0 aliphatic heterocycles. The van der Waals surface area contributed by atoms with Gasteiger partial charge in [-0.15, -0.1) is 0 Å². The van der Waals surface area contributed by atoms with E-state index in [0.29, 0.717) is 5.92 Å². The van der Waals surface area contributed by atoms with Crippen LogP contribution in [0.2, 0.25) is 0 Å². The predicted octanol–water partition coefficient (Wildman–Crippen LogP) is 11.3. The molecule has 216 valence electrons. The first-order valence-electron chi connectivity index (χ1n) is 16.0. The van der Waals surface area contributed by atoms with Crippen LogP contribution in [0.1, 0.15) is 58.2 Å². The molecule has 1 heterocycles. The van der Waals surface area contributed by atoms with Gasteiger partial charge < -0.3 is 4.98 Å². The third kappa shape index (κ3) is 5.21. The van der Waals surface area contributed by atoms with Crippen molar-refractivity contribution in [2.24, 2.45) is 0 Å². The summed E-state index contributed by atoms with van der Waals surface area (Å²) in [6, 6.07) is 52.3. The summed E-state index contributed by atoms with van der Waals surface area (Å²) in [4.78, 5) is 3.91. The standard InChI is InChI=1S/C44H35N/c1-5-15-31(16-6-1)41(32-17-7-2-8-18-32)35-25-26-37(29-35)43-39-23-13-14-24-40(39)45-44(43)38-28-27-36(30-38)42(33-19-9-3-10-20-33)34-21-11-4-12-22-34/h1-28,37-38,45H,29-30H2. The summed E-state index contributed by atoms with van der Waals surface area (Å²) in [6.07, 6.45) is 11.6. The van der Waals surface area contributed by atoms with Gasteiger partial charge in [0, 0.05) is 28.4 Å². The van der Waals surface area contributed by atoms with E-state index in [-0.39, 0.29) is 5.92 Å². The Kier molecular flexibility index (Phi) is 7.21. The minimum absolute atomic E-state index is 0.286. The third-order valence-electron chi connectivity index (χ3n) is 9.35. The molecule has 0 saturated heterocycles. The van der Waals surface area contributed by atoms with E-state index in [1.54, 1.807) is 0 Å². The van der Waals surface area contributed by atoms with Crippen LogP contribution >= 0.6 is 0 Å². The third-order valence-corrected chi connectivity index (χ3v) is 9.35. The quantitative estimate of drug-likeness (QED) is 0.203. The highest BCUT2D eigenvalue weighted by molar-refractivity contribution is 5.89. The Morgan fingerprint density at radius 2 is 0.844 bits per heavy atom. The highest BCUT2D eigenvalue weighted by atomic mass is 14.7. The summed E-state index contributed by atoms with van der Waals surface area (Å²) in [5.74, 6) is 0.590. The number of allylic oxidation sites excluding steroid dienone is 6. The molecule has 45 heavy (non-hydrogen) atoms. The molecule has 1 aromatic heterocycles. The highest BCUT2D eigenvalue weighted by Crippen LogP contribution is 2.46. The lowest BCUT2D eigenvalue weighted by Crippen LogP contribution is -2.02. The number of aromatic nitrogens is 1. The van der Waals surface area contributed by atoms with Crippen LogP contribution in [0.4, 0.5) is 0 Å². The summed E-state index contributed by atoms with van der Waals surface area (Å²) in [7, 11) is 0. The largest absolute Gasteiger partial charge is 0.358 e. The van der Waals surface area contributed by atoms with Gasteiger partial charge in [-0.1, -0.05) is 164 Å². The summed E-state index contributed by atoms with van der Waals surface area (Å²) in [6.45, 7) is 0. The Morgan fingerprint density at radius 1 is 0.444 bits per heavy atom. The Hall–Kier alpha value is -5.40. The van der Waals surface area contributed by atoms with E-state index in [0.717, 1.165) is 12.8 Å². The molecule has 2 atom stereocenters. The molecule has 2 unspecified atom stereocenters. The second-order valence-electron chi connectivity index (χ2n) is 12.1. The van der Waals surface area contributed by atoms with Crippen molar-refractivity contribution in [2.45, 2.75) is 24.7 Å².